The van der Waals surface area contributed by atoms with Gasteiger partial charge < -0.3 is 5.11 Å². The van der Waals surface area contributed by atoms with Crippen LogP contribution in [0.5, 0.6) is 5.75 Å². The van der Waals surface area contributed by atoms with E-state index in [0.717, 1.165) is 27.9 Å². The van der Waals surface area contributed by atoms with Gasteiger partial charge in [-0.15, -0.1) is 11.8 Å². The number of thioether (sulfide) groups is 1. The average molecular weight is 410 g/mol. The van der Waals surface area contributed by atoms with Gasteiger partial charge in [0.15, 0.2) is 0 Å². The van der Waals surface area contributed by atoms with Crippen LogP contribution in [0.2, 0.25) is 0 Å². The second-order valence-corrected chi connectivity index (χ2v) is 8.10. The van der Waals surface area contributed by atoms with Crippen LogP contribution in [0.15, 0.2) is 87.2 Å². The molecule has 0 fully saturated rings. The van der Waals surface area contributed by atoms with E-state index in [0.29, 0.717) is 5.75 Å². The van der Waals surface area contributed by atoms with Crippen LogP contribution in [0, 0.1) is 0 Å². The molecule has 1 atom stereocenters. The van der Waals surface area contributed by atoms with E-state index in [1.807, 2.05) is 30.0 Å². The normalized spacial score (nSPS) is 16.7. The molecule has 1 heterocycles. The van der Waals surface area contributed by atoms with E-state index >= 15 is 0 Å². The molecule has 124 valence electrons. The first-order chi connectivity index (χ1) is 12.2. The Morgan fingerprint density at radius 2 is 1.64 bits per heavy atom. The minimum atomic E-state index is 0.256. The standard InChI is InChI=1S/C21H16BrNOS/c22-16-9-5-14(6-10-16)19-13-21(15-7-11-17(24)12-8-15)25-20-4-2-1-3-18(20)23-19/h1-12,21,24H,13H2. The van der Waals surface area contributed by atoms with Gasteiger partial charge in [-0.3, -0.25) is 4.99 Å². The Morgan fingerprint density at radius 3 is 2.40 bits per heavy atom. The lowest BCUT2D eigenvalue weighted by molar-refractivity contribution is 0.475. The number of phenolic OH excluding ortho intramolecular Hbond substituents is 1. The Bertz CT molecular complexity index is 919. The van der Waals surface area contributed by atoms with Crippen LogP contribution in [0.25, 0.3) is 0 Å². The van der Waals surface area contributed by atoms with E-state index in [-0.39, 0.29) is 5.25 Å². The minimum absolute atomic E-state index is 0.256. The van der Waals surface area contributed by atoms with Gasteiger partial charge in [0, 0.05) is 26.8 Å². The highest BCUT2D eigenvalue weighted by Gasteiger charge is 2.22. The Morgan fingerprint density at radius 1 is 0.920 bits per heavy atom. The van der Waals surface area contributed by atoms with Crippen molar-refractivity contribution in [2.24, 2.45) is 4.99 Å². The number of benzene rings is 3. The van der Waals surface area contributed by atoms with Crippen LogP contribution in [-0.2, 0) is 0 Å². The average Bonchev–Trinajstić information content (AvgIpc) is 2.82. The fraction of sp³-hybridized carbons (Fsp3) is 0.0952. The first-order valence-corrected chi connectivity index (χ1v) is 9.74. The molecular formula is C21H16BrNOS. The van der Waals surface area contributed by atoms with E-state index in [1.54, 1.807) is 12.1 Å². The summed E-state index contributed by atoms with van der Waals surface area (Å²) in [4.78, 5) is 6.15. The quantitative estimate of drug-likeness (QED) is 0.522. The maximum absolute atomic E-state index is 9.59. The molecule has 1 N–H and O–H groups in total. The van der Waals surface area contributed by atoms with E-state index < -0.39 is 0 Å². The van der Waals surface area contributed by atoms with E-state index in [2.05, 4.69) is 58.4 Å². The van der Waals surface area contributed by atoms with Gasteiger partial charge in [0.05, 0.1) is 5.69 Å². The van der Waals surface area contributed by atoms with Gasteiger partial charge in [0.2, 0.25) is 0 Å². The molecule has 25 heavy (non-hydrogen) atoms. The molecule has 1 aliphatic heterocycles. The highest BCUT2D eigenvalue weighted by Crippen LogP contribution is 2.45. The van der Waals surface area contributed by atoms with Gasteiger partial charge in [-0.1, -0.05) is 52.3 Å². The molecule has 0 spiro atoms. The summed E-state index contributed by atoms with van der Waals surface area (Å²) in [5.41, 5.74) is 4.45. The SMILES string of the molecule is Oc1ccc(C2CC(c3ccc(Br)cc3)=Nc3ccccc3S2)cc1. The molecular weight excluding hydrogens is 394 g/mol. The monoisotopic (exact) mass is 409 g/mol. The summed E-state index contributed by atoms with van der Waals surface area (Å²) in [6, 6.07) is 24.1. The van der Waals surface area contributed by atoms with E-state index in [4.69, 9.17) is 4.99 Å². The van der Waals surface area contributed by atoms with Crippen molar-refractivity contribution in [1.29, 1.82) is 0 Å². The molecule has 2 nitrogen and oxygen atoms in total. The van der Waals surface area contributed by atoms with Crippen molar-refractivity contribution in [1.82, 2.24) is 0 Å². The maximum atomic E-state index is 9.59. The van der Waals surface area contributed by atoms with E-state index in [1.165, 1.54) is 10.5 Å². The van der Waals surface area contributed by atoms with Gasteiger partial charge >= 0.3 is 0 Å². The number of rotatable bonds is 2. The van der Waals surface area contributed by atoms with Crippen molar-refractivity contribution in [3.8, 4) is 5.75 Å². The maximum Gasteiger partial charge on any atom is 0.115 e. The summed E-state index contributed by atoms with van der Waals surface area (Å²) in [5.74, 6) is 0.296. The summed E-state index contributed by atoms with van der Waals surface area (Å²) in [6.07, 6.45) is 0.839. The molecule has 3 aromatic rings. The highest BCUT2D eigenvalue weighted by molar-refractivity contribution is 9.10. The third-order valence-corrected chi connectivity index (χ3v) is 6.06. The number of fused-ring (bicyclic) bond motifs is 1. The summed E-state index contributed by atoms with van der Waals surface area (Å²) in [6.45, 7) is 0. The number of hydrogen-bond donors (Lipinski definition) is 1. The summed E-state index contributed by atoms with van der Waals surface area (Å²) >= 11 is 5.33. The van der Waals surface area contributed by atoms with Crippen LogP contribution < -0.4 is 0 Å². The summed E-state index contributed by atoms with van der Waals surface area (Å²) < 4.78 is 1.07. The van der Waals surface area contributed by atoms with Crippen molar-refractivity contribution in [3.05, 3.63) is 88.4 Å². The molecule has 0 saturated carbocycles. The molecule has 0 amide bonds. The van der Waals surface area contributed by atoms with Crippen LogP contribution in [0.1, 0.15) is 22.8 Å². The van der Waals surface area contributed by atoms with E-state index in [9.17, 15) is 5.11 Å². The number of aliphatic imine (C=N–C) groups is 1. The van der Waals surface area contributed by atoms with Crippen molar-refractivity contribution < 1.29 is 5.11 Å². The lowest BCUT2D eigenvalue weighted by atomic mass is 10.0. The molecule has 0 aliphatic carbocycles. The second kappa shape index (κ2) is 7.06. The third-order valence-electron chi connectivity index (χ3n) is 4.21. The number of para-hydroxylation sites is 1. The Kier molecular flexibility index (Phi) is 4.64. The molecule has 1 aliphatic rings. The fourth-order valence-electron chi connectivity index (χ4n) is 2.91. The van der Waals surface area contributed by atoms with Crippen molar-refractivity contribution in [2.45, 2.75) is 16.6 Å². The summed E-state index contributed by atoms with van der Waals surface area (Å²) in [5, 5.41) is 9.85. The van der Waals surface area contributed by atoms with Crippen molar-refractivity contribution in [3.63, 3.8) is 0 Å². The molecule has 0 bridgehead atoms. The van der Waals surface area contributed by atoms with Gasteiger partial charge in [0.1, 0.15) is 5.75 Å². The number of aromatic hydroxyl groups is 1. The van der Waals surface area contributed by atoms with Crippen LogP contribution in [0.3, 0.4) is 0 Å². The Hall–Kier alpha value is -2.04. The molecule has 0 radical (unpaired) electrons. The lowest BCUT2D eigenvalue weighted by Gasteiger charge is -2.16. The molecule has 4 heteroatoms. The zero-order valence-electron chi connectivity index (χ0n) is 13.4. The largest absolute Gasteiger partial charge is 0.508 e. The summed E-state index contributed by atoms with van der Waals surface area (Å²) in [7, 11) is 0. The second-order valence-electron chi connectivity index (χ2n) is 5.94. The van der Waals surface area contributed by atoms with Gasteiger partial charge in [-0.05, 0) is 47.5 Å². The van der Waals surface area contributed by atoms with Gasteiger partial charge in [-0.2, -0.15) is 0 Å². The number of nitrogens with zero attached hydrogens (tertiary/aromatic N) is 1. The van der Waals surface area contributed by atoms with Crippen LogP contribution in [0.4, 0.5) is 5.69 Å². The molecule has 1 unspecified atom stereocenters. The number of phenols is 1. The number of halogens is 1. The molecule has 3 aromatic carbocycles. The minimum Gasteiger partial charge on any atom is -0.508 e. The molecule has 0 aromatic heterocycles. The predicted octanol–water partition coefficient (Wildman–Crippen LogP) is 6.51. The van der Waals surface area contributed by atoms with Gasteiger partial charge in [-0.25, -0.2) is 0 Å². The Labute approximate surface area is 159 Å². The van der Waals surface area contributed by atoms with Crippen LogP contribution >= 0.6 is 27.7 Å². The Balaban J connectivity index is 1.78. The number of hydrogen-bond acceptors (Lipinski definition) is 3. The fourth-order valence-corrected chi connectivity index (χ4v) is 4.41. The molecule has 0 saturated heterocycles. The molecule has 4 rings (SSSR count). The topological polar surface area (TPSA) is 32.6 Å². The van der Waals surface area contributed by atoms with Gasteiger partial charge in [0.25, 0.3) is 0 Å². The third kappa shape index (κ3) is 3.65. The first kappa shape index (κ1) is 16.4. The predicted molar refractivity (Wildman–Crippen MR) is 108 cm³/mol. The zero-order chi connectivity index (χ0) is 17.2. The van der Waals surface area contributed by atoms with Crippen molar-refractivity contribution in [2.75, 3.05) is 0 Å². The van der Waals surface area contributed by atoms with Crippen molar-refractivity contribution >= 4 is 39.1 Å². The van der Waals surface area contributed by atoms with Crippen LogP contribution in [-0.4, -0.2) is 10.8 Å². The smallest absolute Gasteiger partial charge is 0.115 e. The first-order valence-electron chi connectivity index (χ1n) is 8.07. The zero-order valence-corrected chi connectivity index (χ0v) is 15.8. The highest BCUT2D eigenvalue weighted by atomic mass is 79.9. The lowest BCUT2D eigenvalue weighted by Crippen LogP contribution is -2.05.